The zero-order chi connectivity index (χ0) is 9.26. The largest absolute Gasteiger partial charge is 0.368 e. The first-order valence-corrected chi connectivity index (χ1v) is 5.52. The fourth-order valence-electron chi connectivity index (χ4n) is 1.24. The van der Waals surface area contributed by atoms with E-state index in [0.717, 1.165) is 13.1 Å². The topological polar surface area (TPSA) is 87.9 Å². The van der Waals surface area contributed by atoms with E-state index in [-0.39, 0.29) is 0 Å². The average Bonchev–Trinajstić information content (AvgIpc) is 2.53. The van der Waals surface area contributed by atoms with Crippen LogP contribution in [0.2, 0.25) is 0 Å². The summed E-state index contributed by atoms with van der Waals surface area (Å²) in [5.74, 6) is 2.30. The minimum atomic E-state index is -0.667. The van der Waals surface area contributed by atoms with Crippen molar-refractivity contribution in [3.63, 3.8) is 0 Å². The molecule has 72 valence electrons. The van der Waals surface area contributed by atoms with Crippen molar-refractivity contribution in [1.29, 1.82) is 0 Å². The third kappa shape index (κ3) is 1.80. The number of H-pyrrole nitrogens is 1. The van der Waals surface area contributed by atoms with Gasteiger partial charge in [-0.05, 0) is 0 Å². The van der Waals surface area contributed by atoms with E-state index in [1.54, 1.807) is 0 Å². The van der Waals surface area contributed by atoms with E-state index in [9.17, 15) is 4.21 Å². The first-order chi connectivity index (χ1) is 6.25. The highest BCUT2D eigenvalue weighted by Crippen LogP contribution is 2.10. The summed E-state index contributed by atoms with van der Waals surface area (Å²) in [6.45, 7) is 1.48. The van der Waals surface area contributed by atoms with Crippen LogP contribution in [-0.4, -0.2) is 44.0 Å². The van der Waals surface area contributed by atoms with Crippen LogP contribution in [0.5, 0.6) is 0 Å². The summed E-state index contributed by atoms with van der Waals surface area (Å²) in [7, 11) is -0.667. The lowest BCUT2D eigenvalue weighted by molar-refractivity contribution is 0.671. The SMILES string of the molecule is Nc1nc(N2CCS(=O)CC2)n[nH]1. The van der Waals surface area contributed by atoms with Gasteiger partial charge in [-0.15, -0.1) is 5.10 Å². The Kier molecular flexibility index (Phi) is 2.17. The number of anilines is 2. The zero-order valence-electron chi connectivity index (χ0n) is 7.06. The Morgan fingerprint density at radius 1 is 1.46 bits per heavy atom. The summed E-state index contributed by atoms with van der Waals surface area (Å²) >= 11 is 0. The Hall–Kier alpha value is -1.11. The highest BCUT2D eigenvalue weighted by Gasteiger charge is 2.18. The maximum absolute atomic E-state index is 11.1. The van der Waals surface area contributed by atoms with Crippen molar-refractivity contribution in [2.24, 2.45) is 0 Å². The second-order valence-corrected chi connectivity index (χ2v) is 4.55. The number of rotatable bonds is 1. The Labute approximate surface area is 78.0 Å². The Bertz CT molecular complexity index is 315. The molecular formula is C6H11N5OS. The van der Waals surface area contributed by atoms with Crippen molar-refractivity contribution in [1.82, 2.24) is 15.2 Å². The first kappa shape index (κ1) is 8.49. The lowest BCUT2D eigenvalue weighted by Gasteiger charge is -2.24. The second-order valence-electron chi connectivity index (χ2n) is 2.86. The van der Waals surface area contributed by atoms with Crippen LogP contribution >= 0.6 is 0 Å². The van der Waals surface area contributed by atoms with Crippen LogP contribution in [0.4, 0.5) is 11.9 Å². The van der Waals surface area contributed by atoms with Crippen LogP contribution in [0.25, 0.3) is 0 Å². The van der Waals surface area contributed by atoms with Crippen molar-refractivity contribution in [2.75, 3.05) is 35.2 Å². The second kappa shape index (κ2) is 3.33. The van der Waals surface area contributed by atoms with Crippen LogP contribution in [0.15, 0.2) is 0 Å². The molecule has 6 nitrogen and oxygen atoms in total. The van der Waals surface area contributed by atoms with Gasteiger partial charge in [0.05, 0.1) is 0 Å². The average molecular weight is 201 g/mol. The quantitative estimate of drug-likeness (QED) is 0.605. The Balaban J connectivity index is 2.06. The molecule has 1 aliphatic heterocycles. The lowest BCUT2D eigenvalue weighted by Crippen LogP contribution is -2.38. The molecule has 0 aromatic carbocycles. The van der Waals surface area contributed by atoms with Gasteiger partial charge in [-0.25, -0.2) is 5.10 Å². The van der Waals surface area contributed by atoms with Crippen LogP contribution < -0.4 is 10.6 Å². The monoisotopic (exact) mass is 201 g/mol. The minimum absolute atomic E-state index is 0.321. The molecule has 0 aliphatic carbocycles. The summed E-state index contributed by atoms with van der Waals surface area (Å²) in [5.41, 5.74) is 5.40. The minimum Gasteiger partial charge on any atom is -0.368 e. The van der Waals surface area contributed by atoms with Crippen molar-refractivity contribution in [3.05, 3.63) is 0 Å². The third-order valence-electron chi connectivity index (χ3n) is 1.95. The van der Waals surface area contributed by atoms with Crippen molar-refractivity contribution < 1.29 is 4.21 Å². The summed E-state index contributed by atoms with van der Waals surface area (Å²) in [4.78, 5) is 5.98. The van der Waals surface area contributed by atoms with Gasteiger partial charge in [0.25, 0.3) is 0 Å². The number of nitrogens with zero attached hydrogens (tertiary/aromatic N) is 3. The number of hydrogen-bond acceptors (Lipinski definition) is 5. The number of hydrogen-bond donors (Lipinski definition) is 2. The van der Waals surface area contributed by atoms with E-state index in [2.05, 4.69) is 15.2 Å². The molecule has 7 heteroatoms. The fourth-order valence-corrected chi connectivity index (χ4v) is 2.30. The van der Waals surface area contributed by atoms with Crippen molar-refractivity contribution >= 4 is 22.7 Å². The molecule has 2 heterocycles. The van der Waals surface area contributed by atoms with Crippen molar-refractivity contribution in [2.45, 2.75) is 0 Å². The lowest BCUT2D eigenvalue weighted by atomic mass is 10.5. The molecule has 0 spiro atoms. The molecule has 0 atom stereocenters. The molecule has 2 rings (SSSR count). The predicted octanol–water partition coefficient (Wildman–Crippen LogP) is -1.04. The van der Waals surface area contributed by atoms with E-state index < -0.39 is 10.8 Å². The van der Waals surface area contributed by atoms with Gasteiger partial charge in [-0.3, -0.25) is 4.21 Å². The van der Waals surface area contributed by atoms with Gasteiger partial charge < -0.3 is 10.6 Å². The van der Waals surface area contributed by atoms with Crippen LogP contribution in [0, 0.1) is 0 Å². The number of nitrogens with one attached hydrogen (secondary N) is 1. The summed E-state index contributed by atoms with van der Waals surface area (Å²) < 4.78 is 11.1. The van der Waals surface area contributed by atoms with Crippen LogP contribution in [-0.2, 0) is 10.8 Å². The van der Waals surface area contributed by atoms with Crippen LogP contribution in [0.3, 0.4) is 0 Å². The summed E-state index contributed by atoms with van der Waals surface area (Å²) in [6.07, 6.45) is 0. The molecule has 13 heavy (non-hydrogen) atoms. The molecular weight excluding hydrogens is 190 g/mol. The van der Waals surface area contributed by atoms with Crippen molar-refractivity contribution in [3.8, 4) is 0 Å². The van der Waals surface area contributed by atoms with Gasteiger partial charge in [0, 0.05) is 35.4 Å². The van der Waals surface area contributed by atoms with Gasteiger partial charge in [0.15, 0.2) is 0 Å². The number of aromatic amines is 1. The van der Waals surface area contributed by atoms with Gasteiger partial charge in [-0.2, -0.15) is 4.98 Å². The summed E-state index contributed by atoms with van der Waals surface area (Å²) in [5, 5.41) is 6.51. The fraction of sp³-hybridized carbons (Fsp3) is 0.667. The van der Waals surface area contributed by atoms with Crippen LogP contribution in [0.1, 0.15) is 0 Å². The molecule has 0 radical (unpaired) electrons. The molecule has 0 saturated carbocycles. The van der Waals surface area contributed by atoms with Gasteiger partial charge in [-0.1, -0.05) is 0 Å². The molecule has 1 aromatic heterocycles. The molecule has 1 saturated heterocycles. The number of nitrogens with two attached hydrogens (primary N) is 1. The highest BCUT2D eigenvalue weighted by molar-refractivity contribution is 7.85. The Morgan fingerprint density at radius 3 is 2.69 bits per heavy atom. The van der Waals surface area contributed by atoms with E-state index >= 15 is 0 Å². The molecule has 0 bridgehead atoms. The maximum Gasteiger partial charge on any atom is 0.246 e. The predicted molar refractivity (Wildman–Crippen MR) is 50.9 cm³/mol. The molecule has 1 fully saturated rings. The molecule has 0 amide bonds. The maximum atomic E-state index is 11.1. The van der Waals surface area contributed by atoms with E-state index in [1.807, 2.05) is 4.90 Å². The number of nitrogen functional groups attached to an aromatic ring is 1. The number of aromatic nitrogens is 3. The molecule has 3 N–H and O–H groups in total. The van der Waals surface area contributed by atoms with Gasteiger partial charge in [0.1, 0.15) is 0 Å². The molecule has 1 aliphatic rings. The van der Waals surface area contributed by atoms with E-state index in [1.165, 1.54) is 0 Å². The van der Waals surface area contributed by atoms with E-state index in [4.69, 9.17) is 5.73 Å². The smallest absolute Gasteiger partial charge is 0.246 e. The molecule has 1 aromatic rings. The Morgan fingerprint density at radius 2 is 2.15 bits per heavy atom. The first-order valence-electron chi connectivity index (χ1n) is 4.03. The standard InChI is InChI=1S/C6H11N5OS/c7-5-8-6(10-9-5)11-1-3-13(12)4-2-11/h1-4H2,(H3,7,8,9,10). The summed E-state index contributed by atoms with van der Waals surface area (Å²) in [6, 6.07) is 0. The third-order valence-corrected chi connectivity index (χ3v) is 3.23. The zero-order valence-corrected chi connectivity index (χ0v) is 7.88. The highest BCUT2D eigenvalue weighted by atomic mass is 32.2. The van der Waals surface area contributed by atoms with Gasteiger partial charge >= 0.3 is 0 Å². The molecule has 0 unspecified atom stereocenters. The normalized spacial score (nSPS) is 19.2. The van der Waals surface area contributed by atoms with E-state index in [0.29, 0.717) is 23.4 Å². The van der Waals surface area contributed by atoms with Gasteiger partial charge in [0.2, 0.25) is 11.9 Å².